The maximum absolute atomic E-state index is 11.0. The lowest BCUT2D eigenvalue weighted by Crippen LogP contribution is -2.47. The molecule has 1 aliphatic rings. The Bertz CT molecular complexity index is 132. The molecule has 11 heavy (non-hydrogen) atoms. The number of morpholine rings is 1. The third-order valence-corrected chi connectivity index (χ3v) is 1.49. The average molecular weight is 159 g/mol. The highest BCUT2D eigenvalue weighted by molar-refractivity contribution is 5.76. The molecule has 4 nitrogen and oxygen atoms in total. The first kappa shape index (κ1) is 8.49. The molecule has 0 aliphatic carbocycles. The predicted octanol–water partition coefficient (Wildman–Crippen LogP) is -0.462. The molecule has 0 aromatic carbocycles. The maximum Gasteiger partial charge on any atom is 0.325 e. The van der Waals surface area contributed by atoms with Crippen molar-refractivity contribution in [3.8, 4) is 0 Å². The second-order valence-electron chi connectivity index (χ2n) is 2.33. The van der Waals surface area contributed by atoms with E-state index in [-0.39, 0.29) is 12.0 Å². The van der Waals surface area contributed by atoms with Crippen LogP contribution in [-0.2, 0) is 14.3 Å². The third-order valence-electron chi connectivity index (χ3n) is 1.49. The zero-order valence-corrected chi connectivity index (χ0v) is 6.63. The molecule has 1 atom stereocenters. The summed E-state index contributed by atoms with van der Waals surface area (Å²) in [5, 5.41) is 3.00. The van der Waals surface area contributed by atoms with Crippen molar-refractivity contribution in [2.45, 2.75) is 13.0 Å². The summed E-state index contributed by atoms with van der Waals surface area (Å²) in [5.41, 5.74) is 0. The van der Waals surface area contributed by atoms with Crippen LogP contribution in [0.4, 0.5) is 0 Å². The fourth-order valence-electron chi connectivity index (χ4n) is 0.960. The summed E-state index contributed by atoms with van der Waals surface area (Å²) >= 11 is 0. The van der Waals surface area contributed by atoms with Crippen molar-refractivity contribution in [2.24, 2.45) is 0 Å². The zero-order valence-electron chi connectivity index (χ0n) is 6.63. The van der Waals surface area contributed by atoms with Gasteiger partial charge in [0.1, 0.15) is 6.04 Å². The fourth-order valence-corrected chi connectivity index (χ4v) is 0.960. The Kier molecular flexibility index (Phi) is 3.32. The van der Waals surface area contributed by atoms with Crippen molar-refractivity contribution < 1.29 is 14.3 Å². The standard InChI is InChI=1S/C7H13NO3/c1-2-11-7(9)6-5-10-4-3-8-6/h6,8H,2-5H2,1H3/t6-/m0/s1. The van der Waals surface area contributed by atoms with Gasteiger partial charge in [0.15, 0.2) is 0 Å². The molecule has 1 N–H and O–H groups in total. The van der Waals surface area contributed by atoms with Gasteiger partial charge in [-0.1, -0.05) is 0 Å². The fraction of sp³-hybridized carbons (Fsp3) is 0.857. The lowest BCUT2D eigenvalue weighted by Gasteiger charge is -2.21. The summed E-state index contributed by atoms with van der Waals surface area (Å²) in [5.74, 6) is -0.216. The molecule has 1 saturated heterocycles. The highest BCUT2D eigenvalue weighted by Crippen LogP contribution is 1.95. The van der Waals surface area contributed by atoms with E-state index in [2.05, 4.69) is 5.32 Å². The molecule has 1 fully saturated rings. The molecule has 4 heteroatoms. The SMILES string of the molecule is CCOC(=O)[C@@H]1COCCN1. The van der Waals surface area contributed by atoms with Crippen LogP contribution in [0, 0.1) is 0 Å². The molecular weight excluding hydrogens is 146 g/mol. The number of carbonyl (C=O) groups is 1. The molecule has 0 bridgehead atoms. The normalized spacial score (nSPS) is 24.6. The first-order chi connectivity index (χ1) is 5.34. The van der Waals surface area contributed by atoms with Crippen molar-refractivity contribution in [1.82, 2.24) is 5.32 Å². The second-order valence-corrected chi connectivity index (χ2v) is 2.33. The summed E-state index contributed by atoms with van der Waals surface area (Å²) < 4.78 is 9.89. The first-order valence-corrected chi connectivity index (χ1v) is 3.82. The van der Waals surface area contributed by atoms with Gasteiger partial charge in [0.05, 0.1) is 19.8 Å². The highest BCUT2D eigenvalue weighted by atomic mass is 16.5. The van der Waals surface area contributed by atoms with Gasteiger partial charge in [-0.15, -0.1) is 0 Å². The van der Waals surface area contributed by atoms with Crippen molar-refractivity contribution in [3.63, 3.8) is 0 Å². The topological polar surface area (TPSA) is 47.6 Å². The van der Waals surface area contributed by atoms with Crippen molar-refractivity contribution in [2.75, 3.05) is 26.4 Å². The van der Waals surface area contributed by atoms with Crippen molar-refractivity contribution in [3.05, 3.63) is 0 Å². The summed E-state index contributed by atoms with van der Waals surface area (Å²) in [4.78, 5) is 11.0. The number of nitrogens with one attached hydrogen (secondary N) is 1. The number of esters is 1. The van der Waals surface area contributed by atoms with Gasteiger partial charge >= 0.3 is 5.97 Å². The van der Waals surface area contributed by atoms with Crippen LogP contribution in [0.3, 0.4) is 0 Å². The molecule has 1 heterocycles. The highest BCUT2D eigenvalue weighted by Gasteiger charge is 2.21. The van der Waals surface area contributed by atoms with Crippen LogP contribution in [0.15, 0.2) is 0 Å². The van der Waals surface area contributed by atoms with Crippen LogP contribution in [0.1, 0.15) is 6.92 Å². The minimum absolute atomic E-state index is 0.216. The van der Waals surface area contributed by atoms with E-state index in [0.717, 1.165) is 6.54 Å². The predicted molar refractivity (Wildman–Crippen MR) is 39.2 cm³/mol. The van der Waals surface area contributed by atoms with Gasteiger partial charge in [-0.3, -0.25) is 4.79 Å². The summed E-state index contributed by atoms with van der Waals surface area (Å²) in [7, 11) is 0. The third kappa shape index (κ3) is 2.48. The van der Waals surface area contributed by atoms with Gasteiger partial charge in [-0.25, -0.2) is 0 Å². The zero-order chi connectivity index (χ0) is 8.10. The monoisotopic (exact) mass is 159 g/mol. The van der Waals surface area contributed by atoms with Gasteiger partial charge in [-0.2, -0.15) is 0 Å². The number of rotatable bonds is 2. The van der Waals surface area contributed by atoms with Crippen LogP contribution < -0.4 is 5.32 Å². The van der Waals surface area contributed by atoms with Gasteiger partial charge < -0.3 is 14.8 Å². The molecule has 0 saturated carbocycles. The molecule has 0 spiro atoms. The average Bonchev–Trinajstić information content (AvgIpc) is 2.07. The quantitative estimate of drug-likeness (QED) is 0.554. The Morgan fingerprint density at radius 2 is 2.64 bits per heavy atom. The number of carbonyl (C=O) groups excluding carboxylic acids is 1. The molecule has 64 valence electrons. The van der Waals surface area contributed by atoms with E-state index in [9.17, 15) is 4.79 Å². The molecular formula is C7H13NO3. The van der Waals surface area contributed by atoms with Crippen LogP contribution in [0.25, 0.3) is 0 Å². The van der Waals surface area contributed by atoms with Crippen molar-refractivity contribution in [1.29, 1.82) is 0 Å². The van der Waals surface area contributed by atoms with Crippen LogP contribution in [0.5, 0.6) is 0 Å². The largest absolute Gasteiger partial charge is 0.465 e. The van der Waals surface area contributed by atoms with E-state index < -0.39 is 0 Å². The Balaban J connectivity index is 2.27. The van der Waals surface area contributed by atoms with Crippen LogP contribution in [-0.4, -0.2) is 38.4 Å². The summed E-state index contributed by atoms with van der Waals surface area (Å²) in [6.45, 7) is 4.05. The lowest BCUT2D eigenvalue weighted by atomic mass is 10.3. The van der Waals surface area contributed by atoms with Gasteiger partial charge in [0.2, 0.25) is 0 Å². The smallest absolute Gasteiger partial charge is 0.325 e. The van der Waals surface area contributed by atoms with E-state index in [0.29, 0.717) is 19.8 Å². The van der Waals surface area contributed by atoms with E-state index in [4.69, 9.17) is 9.47 Å². The summed E-state index contributed by atoms with van der Waals surface area (Å²) in [6, 6.07) is -0.260. The Labute approximate surface area is 65.9 Å². The maximum atomic E-state index is 11.0. The van der Waals surface area contributed by atoms with E-state index >= 15 is 0 Å². The number of hydrogen-bond donors (Lipinski definition) is 1. The Morgan fingerprint density at radius 3 is 3.18 bits per heavy atom. The van der Waals surface area contributed by atoms with Gasteiger partial charge in [-0.05, 0) is 6.92 Å². The Morgan fingerprint density at radius 1 is 1.82 bits per heavy atom. The minimum Gasteiger partial charge on any atom is -0.465 e. The van der Waals surface area contributed by atoms with E-state index in [1.807, 2.05) is 0 Å². The second kappa shape index (κ2) is 4.31. The number of hydrogen-bond acceptors (Lipinski definition) is 4. The summed E-state index contributed by atoms with van der Waals surface area (Å²) in [6.07, 6.45) is 0. The Hall–Kier alpha value is -0.610. The molecule has 0 aromatic heterocycles. The van der Waals surface area contributed by atoms with E-state index in [1.54, 1.807) is 6.92 Å². The van der Waals surface area contributed by atoms with Gasteiger partial charge in [0, 0.05) is 6.54 Å². The molecule has 1 rings (SSSR count). The first-order valence-electron chi connectivity index (χ1n) is 3.82. The molecule has 0 amide bonds. The van der Waals surface area contributed by atoms with E-state index in [1.165, 1.54) is 0 Å². The molecule has 0 aromatic rings. The molecule has 0 radical (unpaired) electrons. The molecule has 0 unspecified atom stereocenters. The number of ether oxygens (including phenoxy) is 2. The van der Waals surface area contributed by atoms with Gasteiger partial charge in [0.25, 0.3) is 0 Å². The van der Waals surface area contributed by atoms with Crippen LogP contribution >= 0.6 is 0 Å². The minimum atomic E-state index is -0.260. The lowest BCUT2D eigenvalue weighted by molar-refractivity contribution is -0.148. The molecule has 1 aliphatic heterocycles. The van der Waals surface area contributed by atoms with Crippen molar-refractivity contribution >= 4 is 5.97 Å². The van der Waals surface area contributed by atoms with Crippen LogP contribution in [0.2, 0.25) is 0 Å².